The lowest BCUT2D eigenvalue weighted by molar-refractivity contribution is 1.37. The SMILES string of the molecule is C=C(C)C(C)=C=CC=CC=CC. The van der Waals surface area contributed by atoms with Crippen LogP contribution >= 0.6 is 0 Å². The van der Waals surface area contributed by atoms with Gasteiger partial charge in [-0.05, 0) is 38.0 Å². The highest BCUT2D eigenvalue weighted by molar-refractivity contribution is 5.24. The van der Waals surface area contributed by atoms with Crippen LogP contribution in [0.4, 0.5) is 0 Å². The number of hydrogen-bond acceptors (Lipinski definition) is 0. The van der Waals surface area contributed by atoms with Crippen molar-refractivity contribution in [2.75, 3.05) is 0 Å². The monoisotopic (exact) mass is 160 g/mol. The van der Waals surface area contributed by atoms with Gasteiger partial charge in [-0.25, -0.2) is 0 Å². The molecule has 0 aromatic heterocycles. The van der Waals surface area contributed by atoms with Gasteiger partial charge >= 0.3 is 0 Å². The number of rotatable bonds is 3. The second-order valence-electron chi connectivity index (χ2n) is 2.63. The molecule has 0 saturated heterocycles. The quantitative estimate of drug-likeness (QED) is 0.435. The van der Waals surface area contributed by atoms with E-state index in [2.05, 4.69) is 12.3 Å². The van der Waals surface area contributed by atoms with Crippen LogP contribution in [0.25, 0.3) is 0 Å². The van der Waals surface area contributed by atoms with E-state index in [1.54, 1.807) is 0 Å². The van der Waals surface area contributed by atoms with Gasteiger partial charge < -0.3 is 0 Å². The van der Waals surface area contributed by atoms with E-state index < -0.39 is 0 Å². The Morgan fingerprint density at radius 1 is 1.17 bits per heavy atom. The third-order valence-corrected chi connectivity index (χ3v) is 1.45. The lowest BCUT2D eigenvalue weighted by atomic mass is 10.2. The van der Waals surface area contributed by atoms with E-state index in [0.717, 1.165) is 11.1 Å². The summed E-state index contributed by atoms with van der Waals surface area (Å²) in [7, 11) is 0. The first kappa shape index (κ1) is 10.7. The normalized spacial score (nSPS) is 10.2. The van der Waals surface area contributed by atoms with Crippen LogP contribution < -0.4 is 0 Å². The van der Waals surface area contributed by atoms with Crippen molar-refractivity contribution >= 4 is 0 Å². The van der Waals surface area contributed by atoms with Crippen molar-refractivity contribution in [2.45, 2.75) is 20.8 Å². The van der Waals surface area contributed by atoms with Crippen LogP contribution in [-0.2, 0) is 0 Å². The molecule has 0 heteroatoms. The molecule has 0 N–H and O–H groups in total. The van der Waals surface area contributed by atoms with Crippen LogP contribution in [0.5, 0.6) is 0 Å². The molecule has 0 saturated carbocycles. The summed E-state index contributed by atoms with van der Waals surface area (Å²) >= 11 is 0. The van der Waals surface area contributed by atoms with E-state index in [1.807, 2.05) is 51.2 Å². The summed E-state index contributed by atoms with van der Waals surface area (Å²) in [6.45, 7) is 9.78. The molecule has 0 unspecified atom stereocenters. The maximum absolute atomic E-state index is 3.81. The molecule has 0 aliphatic rings. The third-order valence-electron chi connectivity index (χ3n) is 1.45. The fourth-order valence-corrected chi connectivity index (χ4v) is 0.527. The summed E-state index contributed by atoms with van der Waals surface area (Å²) in [6.07, 6.45) is 9.78. The van der Waals surface area contributed by atoms with Crippen LogP contribution in [-0.4, -0.2) is 0 Å². The molecule has 0 bridgehead atoms. The van der Waals surface area contributed by atoms with Gasteiger partial charge in [0.15, 0.2) is 0 Å². The molecule has 0 aliphatic heterocycles. The Hall–Kier alpha value is -1.26. The Kier molecular flexibility index (Phi) is 5.77. The first-order chi connectivity index (χ1) is 5.68. The molecule has 0 aromatic carbocycles. The molecule has 0 heterocycles. The molecule has 0 amide bonds. The van der Waals surface area contributed by atoms with Gasteiger partial charge in [-0.2, -0.15) is 0 Å². The molecular weight excluding hydrogens is 144 g/mol. The minimum Gasteiger partial charge on any atom is -0.117 e. The predicted octanol–water partition coefficient (Wildman–Crippen LogP) is 3.80. The molecular formula is C12H16. The summed E-state index contributed by atoms with van der Waals surface area (Å²) in [5.41, 5.74) is 5.27. The Morgan fingerprint density at radius 3 is 2.33 bits per heavy atom. The van der Waals surface area contributed by atoms with Crippen molar-refractivity contribution in [2.24, 2.45) is 0 Å². The summed E-state index contributed by atoms with van der Waals surface area (Å²) < 4.78 is 0. The molecule has 0 atom stereocenters. The molecule has 0 nitrogen and oxygen atoms in total. The van der Waals surface area contributed by atoms with Crippen LogP contribution in [0.2, 0.25) is 0 Å². The predicted molar refractivity (Wildman–Crippen MR) is 56.0 cm³/mol. The van der Waals surface area contributed by atoms with Gasteiger partial charge in [-0.1, -0.05) is 30.9 Å². The van der Waals surface area contributed by atoms with Crippen molar-refractivity contribution in [1.29, 1.82) is 0 Å². The van der Waals surface area contributed by atoms with Crippen LogP contribution in [0.3, 0.4) is 0 Å². The summed E-state index contributed by atoms with van der Waals surface area (Å²) in [6, 6.07) is 0. The van der Waals surface area contributed by atoms with Crippen LogP contribution in [0.15, 0.2) is 53.8 Å². The summed E-state index contributed by atoms with van der Waals surface area (Å²) in [5.74, 6) is 0. The largest absolute Gasteiger partial charge is 0.117 e. The summed E-state index contributed by atoms with van der Waals surface area (Å²) in [5, 5.41) is 0. The second kappa shape index (κ2) is 6.45. The zero-order valence-electron chi connectivity index (χ0n) is 8.09. The van der Waals surface area contributed by atoms with Crippen molar-refractivity contribution < 1.29 is 0 Å². The van der Waals surface area contributed by atoms with Crippen LogP contribution in [0, 0.1) is 0 Å². The zero-order chi connectivity index (χ0) is 9.40. The van der Waals surface area contributed by atoms with Crippen LogP contribution in [0.1, 0.15) is 20.8 Å². The Balaban J connectivity index is 4.23. The first-order valence-electron chi connectivity index (χ1n) is 4.05. The summed E-state index contributed by atoms with van der Waals surface area (Å²) in [4.78, 5) is 0. The molecule has 64 valence electrons. The molecule has 0 rings (SSSR count). The maximum Gasteiger partial charge on any atom is -0.00681 e. The van der Waals surface area contributed by atoms with Gasteiger partial charge in [0.2, 0.25) is 0 Å². The van der Waals surface area contributed by atoms with Gasteiger partial charge in [0.25, 0.3) is 0 Å². The maximum atomic E-state index is 3.81. The lowest BCUT2D eigenvalue weighted by Gasteiger charge is -1.89. The van der Waals surface area contributed by atoms with Crippen molar-refractivity contribution in [3.63, 3.8) is 0 Å². The number of allylic oxidation sites excluding steroid dienone is 6. The van der Waals surface area contributed by atoms with Crippen molar-refractivity contribution in [3.05, 3.63) is 53.8 Å². The Labute approximate surface area is 75.3 Å². The van der Waals surface area contributed by atoms with E-state index in [4.69, 9.17) is 0 Å². The van der Waals surface area contributed by atoms with Gasteiger partial charge in [0.1, 0.15) is 0 Å². The fourth-order valence-electron chi connectivity index (χ4n) is 0.527. The Bertz CT molecular complexity index is 256. The van der Waals surface area contributed by atoms with Gasteiger partial charge in [-0.15, -0.1) is 5.73 Å². The topological polar surface area (TPSA) is 0 Å². The molecule has 0 fully saturated rings. The van der Waals surface area contributed by atoms with Gasteiger partial charge in [-0.3, -0.25) is 0 Å². The first-order valence-corrected chi connectivity index (χ1v) is 4.05. The van der Waals surface area contributed by atoms with E-state index >= 15 is 0 Å². The highest BCUT2D eigenvalue weighted by atomic mass is 13.9. The van der Waals surface area contributed by atoms with E-state index in [0.29, 0.717) is 0 Å². The molecule has 0 aliphatic carbocycles. The van der Waals surface area contributed by atoms with E-state index in [-0.39, 0.29) is 0 Å². The zero-order valence-corrected chi connectivity index (χ0v) is 8.09. The lowest BCUT2D eigenvalue weighted by Crippen LogP contribution is -1.70. The molecule has 0 spiro atoms. The highest BCUT2D eigenvalue weighted by Crippen LogP contribution is 2.01. The Morgan fingerprint density at radius 2 is 1.83 bits per heavy atom. The molecule has 0 radical (unpaired) electrons. The smallest absolute Gasteiger partial charge is 0.00681 e. The van der Waals surface area contributed by atoms with E-state index in [1.165, 1.54) is 0 Å². The highest BCUT2D eigenvalue weighted by Gasteiger charge is 1.82. The van der Waals surface area contributed by atoms with Crippen molar-refractivity contribution in [3.8, 4) is 0 Å². The fraction of sp³-hybridized carbons (Fsp3) is 0.250. The second-order valence-corrected chi connectivity index (χ2v) is 2.63. The van der Waals surface area contributed by atoms with E-state index in [9.17, 15) is 0 Å². The minimum absolute atomic E-state index is 1.06. The number of hydrogen-bond donors (Lipinski definition) is 0. The standard InChI is InChI=1S/C12H16/c1-5-6-7-8-9-10-12(4)11(2)3/h5-9H,2H2,1,3-4H3. The van der Waals surface area contributed by atoms with Crippen molar-refractivity contribution in [1.82, 2.24) is 0 Å². The van der Waals surface area contributed by atoms with Gasteiger partial charge in [0.05, 0.1) is 0 Å². The van der Waals surface area contributed by atoms with Gasteiger partial charge in [0, 0.05) is 0 Å². The minimum atomic E-state index is 1.06. The molecule has 0 aromatic rings. The molecule has 12 heavy (non-hydrogen) atoms. The average molecular weight is 160 g/mol. The average Bonchev–Trinajstić information content (AvgIpc) is 2.03. The third kappa shape index (κ3) is 5.52.